The van der Waals surface area contributed by atoms with Crippen LogP contribution in [0.25, 0.3) is 0 Å². The van der Waals surface area contributed by atoms with Crippen molar-refractivity contribution < 1.29 is 9.15 Å². The topological polar surface area (TPSA) is 58.8 Å². The normalized spacial score (nSPS) is 11.5. The highest BCUT2D eigenvalue weighted by Crippen LogP contribution is 2.15. The largest absolute Gasteiger partial charge is 0.467 e. The van der Waals surface area contributed by atoms with Gasteiger partial charge in [-0.2, -0.15) is 0 Å². The molecule has 0 bridgehead atoms. The molecular weight excluding hydrogens is 370 g/mol. The molecule has 0 amide bonds. The monoisotopic (exact) mass is 393 g/mol. The van der Waals surface area contributed by atoms with E-state index in [1.165, 1.54) is 11.1 Å². The molecule has 0 saturated heterocycles. The second-order valence-corrected chi connectivity index (χ2v) is 6.32. The lowest BCUT2D eigenvalue weighted by molar-refractivity contribution is 0.105. The van der Waals surface area contributed by atoms with Gasteiger partial charge < -0.3 is 19.8 Å². The number of hydrogen-bond donors (Lipinski definition) is 2. The lowest BCUT2D eigenvalue weighted by Crippen LogP contribution is -2.37. The minimum atomic E-state index is 0.517. The van der Waals surface area contributed by atoms with Crippen LogP contribution < -0.4 is 10.6 Å². The van der Waals surface area contributed by atoms with Gasteiger partial charge in [-0.25, -0.2) is 0 Å². The van der Waals surface area contributed by atoms with Gasteiger partial charge in [0.05, 0.1) is 6.26 Å². The molecule has 130 valence electrons. The second-order valence-electron chi connectivity index (χ2n) is 5.41. The van der Waals surface area contributed by atoms with E-state index in [2.05, 4.69) is 56.7 Å². The van der Waals surface area contributed by atoms with Crippen LogP contribution in [0.15, 0.2) is 50.5 Å². The first-order chi connectivity index (χ1) is 11.7. The Bertz CT molecular complexity index is 642. The first-order valence-corrected chi connectivity index (χ1v) is 8.78. The van der Waals surface area contributed by atoms with Crippen molar-refractivity contribution in [1.82, 2.24) is 10.6 Å². The molecule has 2 rings (SSSR count). The summed E-state index contributed by atoms with van der Waals surface area (Å²) in [7, 11) is 1.77. The third kappa shape index (κ3) is 6.37. The minimum Gasteiger partial charge on any atom is -0.467 e. The number of rotatable bonds is 8. The Morgan fingerprint density at radius 2 is 2.17 bits per heavy atom. The van der Waals surface area contributed by atoms with E-state index in [0.717, 1.165) is 35.7 Å². The summed E-state index contributed by atoms with van der Waals surface area (Å²) < 4.78 is 11.9. The molecule has 0 aliphatic carbocycles. The van der Waals surface area contributed by atoms with E-state index in [4.69, 9.17) is 9.15 Å². The van der Waals surface area contributed by atoms with E-state index in [0.29, 0.717) is 13.2 Å². The zero-order valence-electron chi connectivity index (χ0n) is 14.1. The number of furan rings is 1. The van der Waals surface area contributed by atoms with Crippen LogP contribution in [-0.2, 0) is 17.9 Å². The molecule has 0 unspecified atom stereocenters. The quantitative estimate of drug-likeness (QED) is 0.408. The van der Waals surface area contributed by atoms with Gasteiger partial charge in [0.25, 0.3) is 0 Å². The molecular formula is C18H24BrN3O2. The number of aryl methyl sites for hydroxylation is 1. The van der Waals surface area contributed by atoms with Gasteiger partial charge in [-0.15, -0.1) is 0 Å². The lowest BCUT2D eigenvalue weighted by Gasteiger charge is -2.13. The van der Waals surface area contributed by atoms with Crippen molar-refractivity contribution >= 4 is 21.9 Å². The van der Waals surface area contributed by atoms with Gasteiger partial charge in [0.15, 0.2) is 5.96 Å². The zero-order chi connectivity index (χ0) is 17.2. The second kappa shape index (κ2) is 10.2. The van der Waals surface area contributed by atoms with Crippen molar-refractivity contribution in [1.29, 1.82) is 0 Å². The van der Waals surface area contributed by atoms with Crippen LogP contribution in [0.3, 0.4) is 0 Å². The first-order valence-electron chi connectivity index (χ1n) is 7.98. The Labute approximate surface area is 151 Å². The fourth-order valence-corrected chi connectivity index (χ4v) is 2.68. The molecule has 1 heterocycles. The number of aliphatic imine (C=N–C) groups is 1. The molecule has 0 radical (unpaired) electrons. The zero-order valence-corrected chi connectivity index (χ0v) is 15.7. The highest BCUT2D eigenvalue weighted by molar-refractivity contribution is 9.10. The molecule has 0 saturated carbocycles. The van der Waals surface area contributed by atoms with Gasteiger partial charge in [0.2, 0.25) is 0 Å². The summed E-state index contributed by atoms with van der Waals surface area (Å²) in [6.45, 7) is 4.85. The molecule has 0 spiro atoms. The summed E-state index contributed by atoms with van der Waals surface area (Å²) in [6.07, 6.45) is 2.56. The van der Waals surface area contributed by atoms with E-state index in [1.54, 1.807) is 13.3 Å². The number of guanidine groups is 1. The number of hydrogen-bond acceptors (Lipinski definition) is 3. The average Bonchev–Trinajstić information content (AvgIpc) is 3.08. The maximum Gasteiger partial charge on any atom is 0.191 e. The van der Waals surface area contributed by atoms with Crippen LogP contribution in [0.1, 0.15) is 23.3 Å². The van der Waals surface area contributed by atoms with Crippen molar-refractivity contribution in [2.24, 2.45) is 4.99 Å². The molecule has 5 nitrogen and oxygen atoms in total. The first kappa shape index (κ1) is 18.5. The fourth-order valence-electron chi connectivity index (χ4n) is 2.21. The van der Waals surface area contributed by atoms with E-state index >= 15 is 0 Å². The molecule has 6 heteroatoms. The number of benzene rings is 1. The summed E-state index contributed by atoms with van der Waals surface area (Å²) in [5.74, 6) is 1.65. The number of halogens is 1. The van der Waals surface area contributed by atoms with Crippen LogP contribution in [-0.4, -0.2) is 26.2 Å². The molecule has 1 aromatic carbocycles. The molecule has 24 heavy (non-hydrogen) atoms. The van der Waals surface area contributed by atoms with Crippen molar-refractivity contribution in [3.05, 3.63) is 58.0 Å². The molecule has 0 fully saturated rings. The summed E-state index contributed by atoms with van der Waals surface area (Å²) in [6, 6.07) is 10.1. The number of ether oxygens (including phenoxy) is 1. The van der Waals surface area contributed by atoms with Gasteiger partial charge in [-0.1, -0.05) is 22.0 Å². The maximum atomic E-state index is 5.55. The van der Waals surface area contributed by atoms with E-state index in [-0.39, 0.29) is 0 Å². The Kier molecular flexibility index (Phi) is 7.85. The van der Waals surface area contributed by atoms with E-state index < -0.39 is 0 Å². The van der Waals surface area contributed by atoms with Crippen LogP contribution in [0.5, 0.6) is 0 Å². The van der Waals surface area contributed by atoms with Gasteiger partial charge in [0, 0.05) is 31.2 Å². The van der Waals surface area contributed by atoms with Crippen molar-refractivity contribution in [2.75, 3.05) is 20.2 Å². The van der Waals surface area contributed by atoms with Crippen LogP contribution in [0.4, 0.5) is 0 Å². The van der Waals surface area contributed by atoms with Crippen LogP contribution in [0.2, 0.25) is 0 Å². The van der Waals surface area contributed by atoms with Crippen molar-refractivity contribution in [2.45, 2.75) is 26.5 Å². The Morgan fingerprint density at radius 3 is 2.88 bits per heavy atom. The molecule has 2 N–H and O–H groups in total. The summed E-state index contributed by atoms with van der Waals surface area (Å²) in [5.41, 5.74) is 2.50. The van der Waals surface area contributed by atoms with Gasteiger partial charge in [-0.05, 0) is 48.7 Å². The predicted molar refractivity (Wildman–Crippen MR) is 100 cm³/mol. The predicted octanol–water partition coefficient (Wildman–Crippen LogP) is 3.62. The molecule has 0 aliphatic heterocycles. The average molecular weight is 394 g/mol. The van der Waals surface area contributed by atoms with E-state index in [1.807, 2.05) is 12.1 Å². The Balaban J connectivity index is 1.61. The fraction of sp³-hybridized carbons (Fsp3) is 0.389. The smallest absolute Gasteiger partial charge is 0.191 e. The lowest BCUT2D eigenvalue weighted by atomic mass is 10.1. The Hall–Kier alpha value is -1.79. The van der Waals surface area contributed by atoms with Crippen LogP contribution in [0, 0.1) is 6.92 Å². The van der Waals surface area contributed by atoms with Crippen molar-refractivity contribution in [3.8, 4) is 0 Å². The van der Waals surface area contributed by atoms with Crippen molar-refractivity contribution in [3.63, 3.8) is 0 Å². The molecule has 0 aliphatic rings. The minimum absolute atomic E-state index is 0.517. The SMILES string of the molecule is CN=C(NCCCOCc1ccco1)NCc1ccc(Br)cc1C. The van der Waals surface area contributed by atoms with Gasteiger partial charge >= 0.3 is 0 Å². The molecule has 1 aromatic heterocycles. The molecule has 0 atom stereocenters. The summed E-state index contributed by atoms with van der Waals surface area (Å²) >= 11 is 3.48. The standard InChI is InChI=1S/C18H24BrN3O2/c1-14-11-16(19)7-6-15(14)12-22-18(20-2)21-8-4-9-23-13-17-5-3-10-24-17/h3,5-7,10-11H,4,8-9,12-13H2,1-2H3,(H2,20,21,22). The van der Waals surface area contributed by atoms with E-state index in [9.17, 15) is 0 Å². The molecule has 2 aromatic rings. The third-order valence-corrected chi connectivity index (χ3v) is 4.05. The van der Waals surface area contributed by atoms with Crippen LogP contribution >= 0.6 is 15.9 Å². The Morgan fingerprint density at radius 1 is 1.29 bits per heavy atom. The third-order valence-electron chi connectivity index (χ3n) is 3.56. The van der Waals surface area contributed by atoms with Gasteiger partial charge in [-0.3, -0.25) is 4.99 Å². The number of nitrogens with one attached hydrogen (secondary N) is 2. The summed E-state index contributed by atoms with van der Waals surface area (Å²) in [4.78, 5) is 4.24. The van der Waals surface area contributed by atoms with Gasteiger partial charge in [0.1, 0.15) is 12.4 Å². The number of nitrogens with zero attached hydrogens (tertiary/aromatic N) is 1. The highest BCUT2D eigenvalue weighted by Gasteiger charge is 2.02. The highest BCUT2D eigenvalue weighted by atomic mass is 79.9. The summed E-state index contributed by atoms with van der Waals surface area (Å²) in [5, 5.41) is 6.62. The maximum absolute atomic E-state index is 5.55.